The van der Waals surface area contributed by atoms with Crippen LogP contribution in [0.1, 0.15) is 13.3 Å². The lowest BCUT2D eigenvalue weighted by molar-refractivity contribution is -0.137. The number of carbonyl (C=O) groups is 1. The Labute approximate surface area is 112 Å². The molecule has 2 N–H and O–H groups in total. The van der Waals surface area contributed by atoms with E-state index in [0.717, 1.165) is 18.8 Å². The van der Waals surface area contributed by atoms with Crippen LogP contribution in [0, 0.1) is 11.7 Å². The number of nitrogens with zero attached hydrogens (tertiary/aromatic N) is 1. The monoisotopic (exact) mass is 266 g/mol. The topological polar surface area (TPSA) is 52.6 Å². The highest BCUT2D eigenvalue weighted by Crippen LogP contribution is 2.22. The Bertz CT molecular complexity index is 453. The Morgan fingerprint density at radius 2 is 2.32 bits per heavy atom. The molecule has 2 rings (SSSR count). The number of hydrogen-bond donors (Lipinski definition) is 2. The summed E-state index contributed by atoms with van der Waals surface area (Å²) in [5.74, 6) is -0.735. The van der Waals surface area contributed by atoms with Crippen LogP contribution in [-0.2, 0) is 4.79 Å². The van der Waals surface area contributed by atoms with Gasteiger partial charge in [0.05, 0.1) is 12.5 Å². The van der Waals surface area contributed by atoms with Crippen LogP contribution in [0.4, 0.5) is 10.1 Å². The zero-order valence-corrected chi connectivity index (χ0v) is 11.0. The van der Waals surface area contributed by atoms with Crippen molar-refractivity contribution in [3.63, 3.8) is 0 Å². The van der Waals surface area contributed by atoms with Crippen LogP contribution in [-0.4, -0.2) is 36.8 Å². The number of rotatable bonds is 3. The molecule has 4 nitrogen and oxygen atoms in total. The largest absolute Gasteiger partial charge is 0.481 e. The molecule has 0 saturated carbocycles. The molecular weight excluding hydrogens is 247 g/mol. The van der Waals surface area contributed by atoms with E-state index in [1.165, 1.54) is 12.1 Å². The third kappa shape index (κ3) is 3.67. The third-order valence-corrected chi connectivity index (χ3v) is 3.37. The van der Waals surface area contributed by atoms with E-state index in [2.05, 4.69) is 12.2 Å². The Hall–Kier alpha value is -1.62. The molecule has 1 aromatic rings. The van der Waals surface area contributed by atoms with Gasteiger partial charge in [-0.2, -0.15) is 0 Å². The number of aliphatic carboxylic acids is 1. The number of nitrogens with one attached hydrogen (secondary N) is 1. The molecule has 0 spiro atoms. The maximum atomic E-state index is 13.4. The summed E-state index contributed by atoms with van der Waals surface area (Å²) < 4.78 is 13.4. The Balaban J connectivity index is 2.26. The smallest absolute Gasteiger partial charge is 0.305 e. The molecule has 1 fully saturated rings. The average molecular weight is 266 g/mol. The molecule has 2 unspecified atom stereocenters. The van der Waals surface area contributed by atoms with Gasteiger partial charge in [0.15, 0.2) is 0 Å². The molecule has 1 aromatic carbocycles. The molecule has 104 valence electrons. The molecule has 0 aliphatic carbocycles. The van der Waals surface area contributed by atoms with E-state index >= 15 is 0 Å². The summed E-state index contributed by atoms with van der Waals surface area (Å²) in [5, 5.41) is 12.3. The predicted octanol–water partition coefficient (Wildman–Crippen LogP) is 1.71. The maximum Gasteiger partial charge on any atom is 0.305 e. The lowest BCUT2D eigenvalue weighted by Crippen LogP contribution is -2.41. The van der Waals surface area contributed by atoms with Crippen molar-refractivity contribution in [3.05, 3.63) is 30.1 Å². The zero-order valence-electron chi connectivity index (χ0n) is 11.0. The second-order valence-corrected chi connectivity index (χ2v) is 5.15. The van der Waals surface area contributed by atoms with Gasteiger partial charge >= 0.3 is 5.97 Å². The minimum Gasteiger partial charge on any atom is -0.481 e. The van der Waals surface area contributed by atoms with Gasteiger partial charge in [-0.1, -0.05) is 13.0 Å². The lowest BCUT2D eigenvalue weighted by Gasteiger charge is -2.32. The molecule has 0 bridgehead atoms. The SMILES string of the molecule is CC1CNCC(CC(=O)O)N(c2cccc(F)c2)C1. The van der Waals surface area contributed by atoms with Crippen molar-refractivity contribution in [1.82, 2.24) is 5.32 Å². The highest BCUT2D eigenvalue weighted by Gasteiger charge is 2.26. The number of hydrogen-bond acceptors (Lipinski definition) is 3. The Kier molecular flexibility index (Phi) is 4.37. The normalized spacial score (nSPS) is 24.0. The van der Waals surface area contributed by atoms with Crippen LogP contribution in [0.25, 0.3) is 0 Å². The van der Waals surface area contributed by atoms with Gasteiger partial charge in [-0.25, -0.2) is 4.39 Å². The van der Waals surface area contributed by atoms with E-state index in [-0.39, 0.29) is 18.3 Å². The van der Waals surface area contributed by atoms with Gasteiger partial charge in [0.1, 0.15) is 5.82 Å². The third-order valence-electron chi connectivity index (χ3n) is 3.37. The Morgan fingerprint density at radius 3 is 3.00 bits per heavy atom. The second kappa shape index (κ2) is 6.02. The average Bonchev–Trinajstić information content (AvgIpc) is 2.51. The maximum absolute atomic E-state index is 13.4. The molecular formula is C14H19FN2O2. The predicted molar refractivity (Wildman–Crippen MR) is 71.8 cm³/mol. The first kappa shape index (κ1) is 13.8. The Morgan fingerprint density at radius 1 is 1.53 bits per heavy atom. The standard InChI is InChI=1S/C14H19FN2O2/c1-10-7-16-8-13(6-14(18)19)17(9-10)12-4-2-3-11(15)5-12/h2-5,10,13,16H,6-9H2,1H3,(H,18,19). The fourth-order valence-corrected chi connectivity index (χ4v) is 2.51. The van der Waals surface area contributed by atoms with Crippen LogP contribution in [0.2, 0.25) is 0 Å². The van der Waals surface area contributed by atoms with Gasteiger partial charge in [-0.05, 0) is 30.7 Å². The van der Waals surface area contributed by atoms with E-state index in [9.17, 15) is 9.18 Å². The molecule has 1 aliphatic rings. The van der Waals surface area contributed by atoms with Gasteiger partial charge in [-0.15, -0.1) is 0 Å². The van der Waals surface area contributed by atoms with Crippen molar-refractivity contribution >= 4 is 11.7 Å². The number of carboxylic acids is 1. The first-order valence-corrected chi connectivity index (χ1v) is 6.51. The summed E-state index contributed by atoms with van der Waals surface area (Å²) in [6.45, 7) is 4.28. The van der Waals surface area contributed by atoms with Crippen LogP contribution in [0.5, 0.6) is 0 Å². The molecule has 1 aliphatic heterocycles. The van der Waals surface area contributed by atoms with E-state index in [4.69, 9.17) is 5.11 Å². The van der Waals surface area contributed by atoms with Crippen molar-refractivity contribution in [2.75, 3.05) is 24.5 Å². The summed E-state index contributed by atoms with van der Waals surface area (Å²) in [7, 11) is 0. The molecule has 0 amide bonds. The van der Waals surface area contributed by atoms with E-state index in [0.29, 0.717) is 12.5 Å². The van der Waals surface area contributed by atoms with Crippen LogP contribution < -0.4 is 10.2 Å². The minimum atomic E-state index is -0.831. The van der Waals surface area contributed by atoms with Crippen LogP contribution in [0.15, 0.2) is 24.3 Å². The molecule has 1 heterocycles. The summed E-state index contributed by atoms with van der Waals surface area (Å²) in [4.78, 5) is 13.0. The number of anilines is 1. The molecule has 1 saturated heterocycles. The number of benzene rings is 1. The summed E-state index contributed by atoms with van der Waals surface area (Å²) in [6, 6.07) is 6.20. The first-order valence-electron chi connectivity index (χ1n) is 6.51. The molecule has 0 radical (unpaired) electrons. The first-order chi connectivity index (χ1) is 9.06. The van der Waals surface area contributed by atoms with Gasteiger partial charge < -0.3 is 15.3 Å². The molecule has 0 aromatic heterocycles. The lowest BCUT2D eigenvalue weighted by atomic mass is 10.1. The zero-order chi connectivity index (χ0) is 13.8. The van der Waals surface area contributed by atoms with Crippen molar-refractivity contribution < 1.29 is 14.3 Å². The highest BCUT2D eigenvalue weighted by molar-refractivity contribution is 5.68. The molecule has 19 heavy (non-hydrogen) atoms. The van der Waals surface area contributed by atoms with Gasteiger partial charge in [0.2, 0.25) is 0 Å². The van der Waals surface area contributed by atoms with Crippen molar-refractivity contribution in [1.29, 1.82) is 0 Å². The number of carboxylic acid groups (broad SMARTS) is 1. The van der Waals surface area contributed by atoms with E-state index < -0.39 is 5.97 Å². The van der Waals surface area contributed by atoms with Crippen molar-refractivity contribution in [2.45, 2.75) is 19.4 Å². The fraction of sp³-hybridized carbons (Fsp3) is 0.500. The fourth-order valence-electron chi connectivity index (χ4n) is 2.51. The van der Waals surface area contributed by atoms with E-state index in [1.54, 1.807) is 6.07 Å². The van der Waals surface area contributed by atoms with Gasteiger partial charge in [0.25, 0.3) is 0 Å². The quantitative estimate of drug-likeness (QED) is 0.874. The van der Waals surface area contributed by atoms with Crippen LogP contribution >= 0.6 is 0 Å². The highest BCUT2D eigenvalue weighted by atomic mass is 19.1. The summed E-state index contributed by atoms with van der Waals surface area (Å²) >= 11 is 0. The van der Waals surface area contributed by atoms with Gasteiger partial charge in [0, 0.05) is 18.8 Å². The van der Waals surface area contributed by atoms with E-state index in [1.807, 2.05) is 11.0 Å². The minimum absolute atomic E-state index is 0.0518. The molecule has 5 heteroatoms. The van der Waals surface area contributed by atoms with Crippen molar-refractivity contribution in [2.24, 2.45) is 5.92 Å². The van der Waals surface area contributed by atoms with Crippen LogP contribution in [0.3, 0.4) is 0 Å². The summed E-state index contributed by atoms with van der Waals surface area (Å²) in [5.41, 5.74) is 0.752. The summed E-state index contributed by atoms with van der Waals surface area (Å²) in [6.07, 6.45) is 0.0518. The number of halogens is 1. The van der Waals surface area contributed by atoms with Gasteiger partial charge in [-0.3, -0.25) is 4.79 Å². The molecule has 2 atom stereocenters. The van der Waals surface area contributed by atoms with Crippen molar-refractivity contribution in [3.8, 4) is 0 Å². The second-order valence-electron chi connectivity index (χ2n) is 5.15.